The molecule has 0 saturated heterocycles. The number of methoxy groups -OCH3 is 2. The van der Waals surface area contributed by atoms with Crippen LogP contribution in [-0.4, -0.2) is 48.4 Å². The Morgan fingerprint density at radius 2 is 1.40 bits per heavy atom. The largest absolute Gasteiger partial charge is 0.468 e. The van der Waals surface area contributed by atoms with E-state index in [9.17, 15) is 9.59 Å². The van der Waals surface area contributed by atoms with E-state index in [4.69, 9.17) is 23.2 Å². The molecular formula is C8H12Cl2O4S. The Morgan fingerprint density at radius 3 is 1.67 bits per heavy atom. The Labute approximate surface area is 103 Å². The van der Waals surface area contributed by atoms with Crippen molar-refractivity contribution in [3.05, 3.63) is 0 Å². The first-order valence-electron chi connectivity index (χ1n) is 4.04. The van der Waals surface area contributed by atoms with Crippen molar-refractivity contribution in [2.75, 3.05) is 25.7 Å². The van der Waals surface area contributed by atoms with Crippen LogP contribution in [0.15, 0.2) is 0 Å². The Bertz CT molecular complexity index is 203. The minimum Gasteiger partial charge on any atom is -0.468 e. The molecule has 0 bridgehead atoms. The number of carbonyl (C=O) groups excluding carboxylic acids is 2. The lowest BCUT2D eigenvalue weighted by Gasteiger charge is -2.09. The van der Waals surface area contributed by atoms with E-state index in [0.29, 0.717) is 11.5 Å². The third-order valence-corrected chi connectivity index (χ3v) is 3.61. The van der Waals surface area contributed by atoms with E-state index in [-0.39, 0.29) is 0 Å². The molecule has 2 atom stereocenters. The van der Waals surface area contributed by atoms with Crippen LogP contribution in [0.3, 0.4) is 0 Å². The first-order valence-corrected chi connectivity index (χ1v) is 6.07. The van der Waals surface area contributed by atoms with Gasteiger partial charge < -0.3 is 9.47 Å². The lowest BCUT2D eigenvalue weighted by atomic mass is 10.5. The predicted octanol–water partition coefficient (Wildman–Crippen LogP) is 1.28. The number of alkyl halides is 2. The van der Waals surface area contributed by atoms with E-state index < -0.39 is 22.7 Å². The summed E-state index contributed by atoms with van der Waals surface area (Å²) in [5.74, 6) is -0.301. The summed E-state index contributed by atoms with van der Waals surface area (Å²) in [6, 6.07) is 0. The van der Waals surface area contributed by atoms with Crippen molar-refractivity contribution in [2.24, 2.45) is 0 Å². The highest BCUT2D eigenvalue weighted by Gasteiger charge is 2.19. The maximum Gasteiger partial charge on any atom is 0.324 e. The van der Waals surface area contributed by atoms with Gasteiger partial charge in [0.1, 0.15) is 10.8 Å². The van der Waals surface area contributed by atoms with Crippen LogP contribution in [0.4, 0.5) is 0 Å². The van der Waals surface area contributed by atoms with Gasteiger partial charge in [0.2, 0.25) is 0 Å². The number of thioether (sulfide) groups is 1. The van der Waals surface area contributed by atoms with Crippen molar-refractivity contribution in [1.29, 1.82) is 0 Å². The summed E-state index contributed by atoms with van der Waals surface area (Å²) in [7, 11) is 2.53. The fraction of sp³-hybridized carbons (Fsp3) is 0.750. The van der Waals surface area contributed by atoms with Gasteiger partial charge in [0.05, 0.1) is 14.2 Å². The highest BCUT2D eigenvalue weighted by Crippen LogP contribution is 2.14. The van der Waals surface area contributed by atoms with Gasteiger partial charge >= 0.3 is 11.9 Å². The Hall–Kier alpha value is -0.130. The van der Waals surface area contributed by atoms with E-state index >= 15 is 0 Å². The monoisotopic (exact) mass is 274 g/mol. The fourth-order valence-electron chi connectivity index (χ4n) is 0.667. The summed E-state index contributed by atoms with van der Waals surface area (Å²) in [6.45, 7) is 0. The van der Waals surface area contributed by atoms with Gasteiger partial charge in [0, 0.05) is 11.5 Å². The standard InChI is InChI=1S/C8H12Cl2O4S/c1-13-7(11)5(9)3-15-4-6(10)8(12)14-2/h5-6H,3-4H2,1-2H3/t5-,6-/m1/s1. The van der Waals surface area contributed by atoms with Crippen molar-refractivity contribution < 1.29 is 19.1 Å². The van der Waals surface area contributed by atoms with Gasteiger partial charge in [-0.15, -0.1) is 23.2 Å². The van der Waals surface area contributed by atoms with Crippen molar-refractivity contribution in [1.82, 2.24) is 0 Å². The number of halogens is 2. The van der Waals surface area contributed by atoms with Crippen LogP contribution in [0.1, 0.15) is 0 Å². The second-order valence-corrected chi connectivity index (χ2v) is 4.65. The fourth-order valence-corrected chi connectivity index (χ4v) is 2.20. The molecule has 15 heavy (non-hydrogen) atoms. The molecule has 0 radical (unpaired) electrons. The quantitative estimate of drug-likeness (QED) is 0.540. The molecule has 0 aromatic heterocycles. The number of ether oxygens (including phenoxy) is 2. The van der Waals surface area contributed by atoms with Gasteiger partial charge in [0.25, 0.3) is 0 Å². The average molecular weight is 275 g/mol. The Balaban J connectivity index is 3.70. The number of rotatable bonds is 6. The molecule has 0 amide bonds. The topological polar surface area (TPSA) is 52.6 Å². The molecular weight excluding hydrogens is 263 g/mol. The van der Waals surface area contributed by atoms with Crippen molar-refractivity contribution in [3.63, 3.8) is 0 Å². The van der Waals surface area contributed by atoms with Gasteiger partial charge in [-0.05, 0) is 0 Å². The second-order valence-electron chi connectivity index (χ2n) is 2.52. The number of hydrogen-bond donors (Lipinski definition) is 0. The van der Waals surface area contributed by atoms with Crippen LogP contribution in [0.5, 0.6) is 0 Å². The zero-order chi connectivity index (χ0) is 11.8. The molecule has 0 N–H and O–H groups in total. The summed E-state index contributed by atoms with van der Waals surface area (Å²) in [6.07, 6.45) is 0. The molecule has 0 aliphatic heterocycles. The predicted molar refractivity (Wildman–Crippen MR) is 60.6 cm³/mol. The molecule has 0 aliphatic carbocycles. The minimum atomic E-state index is -0.721. The van der Waals surface area contributed by atoms with Gasteiger partial charge in [-0.3, -0.25) is 9.59 Å². The number of esters is 2. The summed E-state index contributed by atoms with van der Waals surface area (Å²) in [4.78, 5) is 21.8. The molecule has 0 unspecified atom stereocenters. The van der Waals surface area contributed by atoms with Crippen molar-refractivity contribution >= 4 is 46.9 Å². The van der Waals surface area contributed by atoms with E-state index in [0.717, 1.165) is 0 Å². The minimum absolute atomic E-state index is 0.342. The van der Waals surface area contributed by atoms with Crippen LogP contribution < -0.4 is 0 Å². The van der Waals surface area contributed by atoms with Gasteiger partial charge in [-0.25, -0.2) is 0 Å². The number of hydrogen-bond acceptors (Lipinski definition) is 5. The molecule has 4 nitrogen and oxygen atoms in total. The van der Waals surface area contributed by atoms with Crippen molar-refractivity contribution in [3.8, 4) is 0 Å². The molecule has 0 rings (SSSR count). The normalized spacial score (nSPS) is 14.1. The maximum absolute atomic E-state index is 10.9. The van der Waals surface area contributed by atoms with Gasteiger partial charge in [-0.1, -0.05) is 0 Å². The summed E-state index contributed by atoms with van der Waals surface area (Å²) >= 11 is 12.6. The summed E-state index contributed by atoms with van der Waals surface area (Å²) in [5.41, 5.74) is 0. The number of carbonyl (C=O) groups is 2. The molecule has 0 aromatic rings. The van der Waals surface area contributed by atoms with E-state index in [2.05, 4.69) is 9.47 Å². The van der Waals surface area contributed by atoms with Crippen LogP contribution in [0.2, 0.25) is 0 Å². The summed E-state index contributed by atoms with van der Waals surface area (Å²) < 4.78 is 8.86. The van der Waals surface area contributed by atoms with Crippen LogP contribution in [0, 0.1) is 0 Å². The first kappa shape index (κ1) is 14.9. The Morgan fingerprint density at radius 1 is 1.07 bits per heavy atom. The Kier molecular flexibility index (Phi) is 8.00. The van der Waals surface area contributed by atoms with Crippen LogP contribution >= 0.6 is 35.0 Å². The zero-order valence-corrected chi connectivity index (χ0v) is 10.7. The van der Waals surface area contributed by atoms with E-state index in [1.165, 1.54) is 26.0 Å². The molecule has 7 heteroatoms. The molecule has 0 spiro atoms. The third kappa shape index (κ3) is 6.12. The van der Waals surface area contributed by atoms with Crippen molar-refractivity contribution in [2.45, 2.75) is 10.8 Å². The SMILES string of the molecule is COC(=O)[C@H](Cl)CSC[C@@H](Cl)C(=O)OC. The lowest BCUT2D eigenvalue weighted by Crippen LogP contribution is -2.22. The average Bonchev–Trinajstić information content (AvgIpc) is 2.26. The van der Waals surface area contributed by atoms with Crippen LogP contribution in [0.25, 0.3) is 0 Å². The highest BCUT2D eigenvalue weighted by atomic mass is 35.5. The first-order chi connectivity index (χ1) is 7.02. The second kappa shape index (κ2) is 8.07. The van der Waals surface area contributed by atoms with E-state index in [1.807, 2.05) is 0 Å². The zero-order valence-electron chi connectivity index (χ0n) is 8.37. The molecule has 0 saturated carbocycles. The lowest BCUT2D eigenvalue weighted by molar-refractivity contribution is -0.140. The smallest absolute Gasteiger partial charge is 0.324 e. The van der Waals surface area contributed by atoms with Crippen LogP contribution in [-0.2, 0) is 19.1 Å². The summed E-state index contributed by atoms with van der Waals surface area (Å²) in [5, 5.41) is -1.44. The molecule has 0 aliphatic rings. The molecule has 0 heterocycles. The molecule has 0 aromatic carbocycles. The molecule has 88 valence electrons. The third-order valence-electron chi connectivity index (χ3n) is 1.44. The van der Waals surface area contributed by atoms with Gasteiger partial charge in [-0.2, -0.15) is 11.8 Å². The highest BCUT2D eigenvalue weighted by molar-refractivity contribution is 7.99. The maximum atomic E-state index is 10.9. The van der Waals surface area contributed by atoms with E-state index in [1.54, 1.807) is 0 Å². The molecule has 0 fully saturated rings. The van der Waals surface area contributed by atoms with Gasteiger partial charge in [0.15, 0.2) is 0 Å².